The number of hydrogen-bond acceptors (Lipinski definition) is 8. The number of methoxy groups -OCH3 is 1. The van der Waals surface area contributed by atoms with Crippen LogP contribution in [0.25, 0.3) is 11.1 Å². The van der Waals surface area contributed by atoms with Crippen LogP contribution in [0.2, 0.25) is 0 Å². The first-order chi connectivity index (χ1) is 15.4. The molecule has 3 rings (SSSR count). The predicted molar refractivity (Wildman–Crippen MR) is 122 cm³/mol. The van der Waals surface area contributed by atoms with Crippen LogP contribution in [0.3, 0.4) is 0 Å². The van der Waals surface area contributed by atoms with Gasteiger partial charge in [0, 0.05) is 17.5 Å². The summed E-state index contributed by atoms with van der Waals surface area (Å²) in [5.74, 6) is -3.04. The lowest BCUT2D eigenvalue weighted by Crippen LogP contribution is -2.38. The Labute approximate surface area is 192 Å². The van der Waals surface area contributed by atoms with Crippen molar-refractivity contribution in [3.8, 4) is 45.6 Å². The molecule has 0 fully saturated rings. The van der Waals surface area contributed by atoms with Gasteiger partial charge in [-0.25, -0.2) is 0 Å². The molecule has 0 saturated heterocycles. The van der Waals surface area contributed by atoms with Crippen molar-refractivity contribution in [3.63, 3.8) is 0 Å². The molecule has 2 aromatic carbocycles. The highest BCUT2D eigenvalue weighted by atomic mass is 16.5. The number of fused-ring (bicyclic) bond motifs is 1. The molecule has 0 spiro atoms. The molecular weight excluding hydrogens is 428 g/mol. The van der Waals surface area contributed by atoms with Gasteiger partial charge >= 0.3 is 0 Å². The zero-order valence-electron chi connectivity index (χ0n) is 19.8. The van der Waals surface area contributed by atoms with Crippen LogP contribution in [-0.4, -0.2) is 44.7 Å². The van der Waals surface area contributed by atoms with Gasteiger partial charge < -0.3 is 29.9 Å². The summed E-state index contributed by atoms with van der Waals surface area (Å²) < 4.78 is 11.3. The van der Waals surface area contributed by atoms with Crippen molar-refractivity contribution in [2.75, 3.05) is 7.11 Å². The summed E-state index contributed by atoms with van der Waals surface area (Å²) in [6, 6.07) is 0. The molecule has 0 saturated carbocycles. The SMILES string of the molecule is CCCC(=O)c1c(O)c(-c2c(O)c(C)c3c(c2O)C(=O)CC(C)(CC)O3)c(O)c(C)c1OC. The number of hydrogen-bond donors (Lipinski definition) is 4. The van der Waals surface area contributed by atoms with Crippen LogP contribution in [-0.2, 0) is 0 Å². The monoisotopic (exact) mass is 458 g/mol. The summed E-state index contributed by atoms with van der Waals surface area (Å²) in [6.45, 7) is 8.44. The molecule has 0 radical (unpaired) electrons. The number of ketones is 2. The molecule has 4 N–H and O–H groups in total. The van der Waals surface area contributed by atoms with Crippen LogP contribution in [0.4, 0.5) is 0 Å². The Morgan fingerprint density at radius 2 is 1.55 bits per heavy atom. The van der Waals surface area contributed by atoms with Gasteiger partial charge in [0.15, 0.2) is 11.6 Å². The van der Waals surface area contributed by atoms with Crippen LogP contribution in [0.15, 0.2) is 0 Å². The maximum Gasteiger partial charge on any atom is 0.174 e. The molecule has 2 aromatic rings. The average molecular weight is 459 g/mol. The third kappa shape index (κ3) is 3.63. The van der Waals surface area contributed by atoms with Crippen molar-refractivity contribution in [1.29, 1.82) is 0 Å². The van der Waals surface area contributed by atoms with Gasteiger partial charge in [0.2, 0.25) is 0 Å². The topological polar surface area (TPSA) is 134 Å². The second kappa shape index (κ2) is 8.50. The van der Waals surface area contributed by atoms with Gasteiger partial charge in [-0.3, -0.25) is 9.59 Å². The molecule has 0 aliphatic carbocycles. The summed E-state index contributed by atoms with van der Waals surface area (Å²) in [5, 5.41) is 44.1. The smallest absolute Gasteiger partial charge is 0.174 e. The van der Waals surface area contributed by atoms with Crippen molar-refractivity contribution in [2.45, 2.75) is 65.9 Å². The molecule has 0 bridgehead atoms. The van der Waals surface area contributed by atoms with Crippen LogP contribution >= 0.6 is 0 Å². The van der Waals surface area contributed by atoms with Gasteiger partial charge in [0.05, 0.1) is 24.7 Å². The lowest BCUT2D eigenvalue weighted by Gasteiger charge is -2.36. The molecule has 0 amide bonds. The van der Waals surface area contributed by atoms with Crippen molar-refractivity contribution >= 4 is 11.6 Å². The number of carbonyl (C=O) groups is 2. The largest absolute Gasteiger partial charge is 0.507 e. The van der Waals surface area contributed by atoms with Gasteiger partial charge in [0.25, 0.3) is 0 Å². The molecular formula is C25H30O8. The first-order valence-electron chi connectivity index (χ1n) is 10.9. The van der Waals surface area contributed by atoms with E-state index in [9.17, 15) is 30.0 Å². The van der Waals surface area contributed by atoms with E-state index in [1.807, 2.05) is 6.92 Å². The maximum absolute atomic E-state index is 13.0. The van der Waals surface area contributed by atoms with E-state index in [-0.39, 0.29) is 57.7 Å². The van der Waals surface area contributed by atoms with Crippen molar-refractivity contribution in [1.82, 2.24) is 0 Å². The molecule has 8 heteroatoms. The molecule has 1 unspecified atom stereocenters. The highest BCUT2D eigenvalue weighted by molar-refractivity contribution is 6.09. The number of phenols is 4. The normalized spacial score (nSPS) is 17.5. The second-order valence-corrected chi connectivity index (χ2v) is 8.69. The van der Waals surface area contributed by atoms with Crippen LogP contribution in [0, 0.1) is 13.8 Å². The van der Waals surface area contributed by atoms with E-state index >= 15 is 0 Å². The summed E-state index contributed by atoms with van der Waals surface area (Å²) in [6.07, 6.45) is 1.15. The van der Waals surface area contributed by atoms with E-state index in [0.29, 0.717) is 12.8 Å². The zero-order chi connectivity index (χ0) is 24.8. The molecule has 8 nitrogen and oxygen atoms in total. The number of aromatic hydroxyl groups is 4. The van der Waals surface area contributed by atoms with Gasteiger partial charge in [-0.15, -0.1) is 0 Å². The summed E-state index contributed by atoms with van der Waals surface area (Å²) in [4.78, 5) is 25.8. The van der Waals surface area contributed by atoms with E-state index in [2.05, 4.69) is 0 Å². The van der Waals surface area contributed by atoms with Gasteiger partial charge in [0.1, 0.15) is 51.2 Å². The van der Waals surface area contributed by atoms with E-state index in [0.717, 1.165) is 0 Å². The predicted octanol–water partition coefficient (Wildman–Crippen LogP) is 4.92. The lowest BCUT2D eigenvalue weighted by atomic mass is 9.84. The van der Waals surface area contributed by atoms with Gasteiger partial charge in [-0.1, -0.05) is 13.8 Å². The van der Waals surface area contributed by atoms with E-state index in [1.165, 1.54) is 21.0 Å². The van der Waals surface area contributed by atoms with E-state index in [1.54, 1.807) is 13.8 Å². The summed E-state index contributed by atoms with van der Waals surface area (Å²) in [7, 11) is 1.31. The highest BCUT2D eigenvalue weighted by Gasteiger charge is 2.41. The minimum atomic E-state index is -0.796. The fourth-order valence-corrected chi connectivity index (χ4v) is 4.29. The van der Waals surface area contributed by atoms with Gasteiger partial charge in [-0.2, -0.15) is 0 Å². The zero-order valence-corrected chi connectivity index (χ0v) is 19.8. The fourth-order valence-electron chi connectivity index (χ4n) is 4.29. The van der Waals surface area contributed by atoms with Crippen molar-refractivity contribution in [3.05, 3.63) is 22.3 Å². The molecule has 1 atom stereocenters. The van der Waals surface area contributed by atoms with Crippen molar-refractivity contribution < 1.29 is 39.5 Å². The van der Waals surface area contributed by atoms with Crippen molar-refractivity contribution in [2.24, 2.45) is 0 Å². The standard InChI is InChI=1S/C25H30O8/c1-7-9-13(26)15-21(30)17(19(28)11(3)23(15)32-6)18-20(29)12(4)24-16(22(18)31)14(27)10-25(5,8-2)33-24/h28-31H,7-10H2,1-6H3. The number of phenolic OH excluding ortho intramolecular Hbond substituents is 4. The third-order valence-electron chi connectivity index (χ3n) is 6.39. The van der Waals surface area contributed by atoms with Gasteiger partial charge in [-0.05, 0) is 33.6 Å². The quantitative estimate of drug-likeness (QED) is 0.448. The minimum Gasteiger partial charge on any atom is -0.507 e. The summed E-state index contributed by atoms with van der Waals surface area (Å²) in [5.41, 5.74) is -1.50. The number of benzene rings is 2. The fraction of sp³-hybridized carbons (Fsp3) is 0.440. The highest BCUT2D eigenvalue weighted by Crippen LogP contribution is 2.57. The maximum atomic E-state index is 13.0. The number of ether oxygens (including phenoxy) is 2. The Morgan fingerprint density at radius 1 is 0.970 bits per heavy atom. The molecule has 178 valence electrons. The number of rotatable bonds is 6. The summed E-state index contributed by atoms with van der Waals surface area (Å²) >= 11 is 0. The Bertz CT molecular complexity index is 1160. The lowest BCUT2D eigenvalue weighted by molar-refractivity contribution is 0.0486. The van der Waals surface area contributed by atoms with E-state index < -0.39 is 40.2 Å². The molecule has 1 heterocycles. The molecule has 33 heavy (non-hydrogen) atoms. The van der Waals surface area contributed by atoms with Crippen LogP contribution in [0.5, 0.6) is 34.5 Å². The van der Waals surface area contributed by atoms with Crippen LogP contribution < -0.4 is 9.47 Å². The Balaban J connectivity index is 2.42. The Kier molecular flexibility index (Phi) is 6.24. The molecule has 1 aliphatic heterocycles. The van der Waals surface area contributed by atoms with E-state index in [4.69, 9.17) is 9.47 Å². The number of Topliss-reactive ketones (excluding diaryl/α,β-unsaturated/α-hetero) is 2. The second-order valence-electron chi connectivity index (χ2n) is 8.69. The van der Waals surface area contributed by atoms with Crippen LogP contribution in [0.1, 0.15) is 78.3 Å². The molecule has 0 aromatic heterocycles. The molecule has 1 aliphatic rings. The Hall–Kier alpha value is -3.42. The Morgan fingerprint density at radius 3 is 2.09 bits per heavy atom. The first kappa shape index (κ1) is 24.2. The number of carbonyl (C=O) groups excluding carboxylic acids is 2. The average Bonchev–Trinajstić information content (AvgIpc) is 2.76. The third-order valence-corrected chi connectivity index (χ3v) is 6.39. The first-order valence-corrected chi connectivity index (χ1v) is 10.9. The minimum absolute atomic E-state index is 0.000941.